The number of carbonyl (C=O) groups excluding carboxylic acids is 1. The van der Waals surface area contributed by atoms with Crippen molar-refractivity contribution in [1.82, 2.24) is 0 Å². The highest BCUT2D eigenvalue weighted by Crippen LogP contribution is 2.07. The number of quaternary nitrogens is 1. The first-order valence-electron chi connectivity index (χ1n) is 7.89. The molecule has 0 amide bonds. The zero-order chi connectivity index (χ0) is 17.7. The van der Waals surface area contributed by atoms with Gasteiger partial charge in [0.1, 0.15) is 6.54 Å². The van der Waals surface area contributed by atoms with Crippen LogP contribution in [0.4, 0.5) is 0 Å². The van der Waals surface area contributed by atoms with Crippen LogP contribution in [-0.4, -0.2) is 55.3 Å². The van der Waals surface area contributed by atoms with E-state index < -0.39 is 12.1 Å². The van der Waals surface area contributed by atoms with Gasteiger partial charge in [0.15, 0.2) is 6.10 Å². The Bertz CT molecular complexity index is 444. The smallest absolute Gasteiger partial charge is 0.307 e. The number of carboxylic acid groups (broad SMARTS) is 1. The first kappa shape index (κ1) is 21.1. The number of hydrogen-bond acceptors (Lipinski definition) is 3. The quantitative estimate of drug-likeness (QED) is 0.275. The summed E-state index contributed by atoms with van der Waals surface area (Å²) >= 11 is 0. The highest BCUT2D eigenvalue weighted by molar-refractivity contribution is 5.71. The lowest BCUT2D eigenvalue weighted by atomic mass is 10.2. The Hall–Kier alpha value is -1.88. The van der Waals surface area contributed by atoms with Crippen LogP contribution in [0.2, 0.25) is 0 Å². The van der Waals surface area contributed by atoms with Crippen molar-refractivity contribution < 1.29 is 23.9 Å². The van der Waals surface area contributed by atoms with Crippen molar-refractivity contribution in [3.8, 4) is 0 Å². The summed E-state index contributed by atoms with van der Waals surface area (Å²) in [5.74, 6) is -1.31. The number of allylic oxidation sites excluding steroid dienone is 6. The average molecular weight is 324 g/mol. The van der Waals surface area contributed by atoms with Crippen LogP contribution in [0.3, 0.4) is 0 Å². The van der Waals surface area contributed by atoms with Gasteiger partial charge in [-0.2, -0.15) is 0 Å². The fourth-order valence-corrected chi connectivity index (χ4v) is 1.94. The maximum Gasteiger partial charge on any atom is 0.307 e. The van der Waals surface area contributed by atoms with E-state index in [9.17, 15) is 9.59 Å². The summed E-state index contributed by atoms with van der Waals surface area (Å²) in [5, 5.41) is 8.91. The number of nitrogens with zero attached hydrogens (tertiary/aromatic N) is 1. The minimum absolute atomic E-state index is 0.162. The van der Waals surface area contributed by atoms with Gasteiger partial charge in [0, 0.05) is 6.42 Å². The predicted molar refractivity (Wildman–Crippen MR) is 92.0 cm³/mol. The third kappa shape index (κ3) is 14.8. The molecule has 0 fully saturated rings. The van der Waals surface area contributed by atoms with Crippen LogP contribution in [-0.2, 0) is 14.3 Å². The molecule has 0 spiro atoms. The zero-order valence-electron chi connectivity index (χ0n) is 14.7. The van der Waals surface area contributed by atoms with Crippen molar-refractivity contribution in [3.05, 3.63) is 36.5 Å². The van der Waals surface area contributed by atoms with Crippen LogP contribution in [0, 0.1) is 0 Å². The molecule has 5 heteroatoms. The molecular weight excluding hydrogens is 294 g/mol. The van der Waals surface area contributed by atoms with Gasteiger partial charge < -0.3 is 14.3 Å². The van der Waals surface area contributed by atoms with E-state index in [1.54, 1.807) is 0 Å². The first-order chi connectivity index (χ1) is 10.7. The summed E-state index contributed by atoms with van der Waals surface area (Å²) in [6.07, 6.45) is 12.8. The SMILES string of the molecule is C/C=C/C/C=C/C=C/CCC(=O)OC(CC(=O)O)C[N+](C)(C)C. The average Bonchev–Trinajstić information content (AvgIpc) is 2.39. The molecule has 0 aliphatic heterocycles. The number of ether oxygens (including phenoxy) is 1. The summed E-state index contributed by atoms with van der Waals surface area (Å²) in [6.45, 7) is 2.45. The molecule has 0 aliphatic carbocycles. The maximum absolute atomic E-state index is 11.8. The molecule has 0 heterocycles. The van der Waals surface area contributed by atoms with E-state index in [2.05, 4.69) is 6.08 Å². The van der Waals surface area contributed by atoms with Crippen LogP contribution in [0.1, 0.15) is 32.6 Å². The minimum atomic E-state index is -0.956. The normalized spacial score (nSPS) is 13.9. The fraction of sp³-hybridized carbons (Fsp3) is 0.556. The number of carboxylic acids is 1. The molecule has 130 valence electrons. The van der Waals surface area contributed by atoms with E-state index in [-0.39, 0.29) is 18.8 Å². The van der Waals surface area contributed by atoms with Crippen molar-refractivity contribution in [3.63, 3.8) is 0 Å². The van der Waals surface area contributed by atoms with Crippen molar-refractivity contribution in [2.75, 3.05) is 27.7 Å². The van der Waals surface area contributed by atoms with Crippen molar-refractivity contribution >= 4 is 11.9 Å². The van der Waals surface area contributed by atoms with Gasteiger partial charge in [0.05, 0.1) is 27.6 Å². The lowest BCUT2D eigenvalue weighted by molar-refractivity contribution is -0.873. The number of aliphatic carboxylic acids is 1. The summed E-state index contributed by atoms with van der Waals surface area (Å²) in [4.78, 5) is 22.7. The maximum atomic E-state index is 11.8. The van der Waals surface area contributed by atoms with E-state index in [0.717, 1.165) is 6.42 Å². The molecule has 23 heavy (non-hydrogen) atoms. The topological polar surface area (TPSA) is 63.6 Å². The molecule has 0 aliphatic rings. The molecule has 0 bridgehead atoms. The Morgan fingerprint density at radius 2 is 1.78 bits per heavy atom. The monoisotopic (exact) mass is 324 g/mol. The second-order valence-electron chi connectivity index (χ2n) is 6.38. The number of carbonyl (C=O) groups is 2. The number of hydrogen-bond donors (Lipinski definition) is 1. The van der Waals surface area contributed by atoms with Crippen molar-refractivity contribution in [2.45, 2.75) is 38.7 Å². The van der Waals surface area contributed by atoms with Gasteiger partial charge in [-0.3, -0.25) is 9.59 Å². The molecule has 0 radical (unpaired) electrons. The predicted octanol–water partition coefficient (Wildman–Crippen LogP) is 2.94. The highest BCUT2D eigenvalue weighted by atomic mass is 16.5. The molecule has 1 atom stereocenters. The van der Waals surface area contributed by atoms with Crippen LogP contribution in [0.25, 0.3) is 0 Å². The van der Waals surface area contributed by atoms with E-state index >= 15 is 0 Å². The summed E-state index contributed by atoms with van der Waals surface area (Å²) in [5.41, 5.74) is 0. The Labute approximate surface area is 139 Å². The molecule has 5 nitrogen and oxygen atoms in total. The molecular formula is C18H30NO4+. The molecule has 1 unspecified atom stereocenters. The molecule has 0 saturated carbocycles. The van der Waals surface area contributed by atoms with Gasteiger partial charge in [-0.25, -0.2) is 0 Å². The van der Waals surface area contributed by atoms with Gasteiger partial charge in [-0.1, -0.05) is 36.5 Å². The summed E-state index contributed by atoms with van der Waals surface area (Å²) in [7, 11) is 5.81. The fourth-order valence-electron chi connectivity index (χ4n) is 1.94. The van der Waals surface area contributed by atoms with Gasteiger partial charge in [-0.05, 0) is 19.8 Å². The van der Waals surface area contributed by atoms with E-state index in [0.29, 0.717) is 17.4 Å². The van der Waals surface area contributed by atoms with Gasteiger partial charge in [0.25, 0.3) is 0 Å². The van der Waals surface area contributed by atoms with Crippen molar-refractivity contribution in [2.24, 2.45) is 0 Å². The Kier molecular flexibility index (Phi) is 10.7. The Balaban J connectivity index is 4.19. The molecule has 1 N–H and O–H groups in total. The largest absolute Gasteiger partial charge is 0.481 e. The van der Waals surface area contributed by atoms with Crippen molar-refractivity contribution in [1.29, 1.82) is 0 Å². The molecule has 0 aromatic carbocycles. The number of esters is 1. The van der Waals surface area contributed by atoms with Crippen LogP contribution in [0.15, 0.2) is 36.5 Å². The van der Waals surface area contributed by atoms with Gasteiger partial charge in [-0.15, -0.1) is 0 Å². The number of rotatable bonds is 11. The molecule has 0 saturated heterocycles. The third-order valence-electron chi connectivity index (χ3n) is 2.86. The van der Waals surface area contributed by atoms with E-state index in [1.165, 1.54) is 0 Å². The Morgan fingerprint density at radius 1 is 1.13 bits per heavy atom. The van der Waals surface area contributed by atoms with Crippen LogP contribution >= 0.6 is 0 Å². The molecule has 0 aromatic heterocycles. The zero-order valence-corrected chi connectivity index (χ0v) is 14.7. The lowest BCUT2D eigenvalue weighted by Crippen LogP contribution is -2.43. The van der Waals surface area contributed by atoms with Crippen LogP contribution in [0.5, 0.6) is 0 Å². The molecule has 0 aromatic rings. The van der Waals surface area contributed by atoms with Gasteiger partial charge >= 0.3 is 11.9 Å². The first-order valence-corrected chi connectivity index (χ1v) is 7.89. The van der Waals surface area contributed by atoms with Gasteiger partial charge in [0.2, 0.25) is 0 Å². The summed E-state index contributed by atoms with van der Waals surface area (Å²) in [6, 6.07) is 0. The lowest BCUT2D eigenvalue weighted by Gasteiger charge is -2.28. The minimum Gasteiger partial charge on any atom is -0.481 e. The highest BCUT2D eigenvalue weighted by Gasteiger charge is 2.24. The third-order valence-corrected chi connectivity index (χ3v) is 2.86. The Morgan fingerprint density at radius 3 is 2.35 bits per heavy atom. The van der Waals surface area contributed by atoms with E-state index in [1.807, 2.05) is 58.4 Å². The molecule has 0 rings (SSSR count). The summed E-state index contributed by atoms with van der Waals surface area (Å²) < 4.78 is 5.84. The standard InChI is InChI=1S/C18H29NO4/c1-5-6-7-8-9-10-11-12-13-18(22)23-16(14-17(20)21)15-19(2,3)4/h5-6,8-11,16H,7,12-15H2,1-4H3/p+1/b6-5+,9-8+,11-10+. The second-order valence-corrected chi connectivity index (χ2v) is 6.38. The van der Waals surface area contributed by atoms with E-state index in [4.69, 9.17) is 9.84 Å². The second kappa shape index (κ2) is 11.7. The van der Waals surface area contributed by atoms with Crippen LogP contribution < -0.4 is 0 Å². The number of likely N-dealkylation sites (N-methyl/N-ethyl adjacent to an activating group) is 1.